The SMILES string of the molecule is Cc1ccc(C(=O)n2nc(C)c(Cl)c2C)cc1. The van der Waals surface area contributed by atoms with E-state index in [4.69, 9.17) is 11.6 Å². The van der Waals surface area contributed by atoms with Gasteiger partial charge in [0.05, 0.1) is 16.4 Å². The number of hydrogen-bond acceptors (Lipinski definition) is 2. The van der Waals surface area contributed by atoms with Crippen molar-refractivity contribution in [3.63, 3.8) is 0 Å². The van der Waals surface area contributed by atoms with Gasteiger partial charge >= 0.3 is 0 Å². The van der Waals surface area contributed by atoms with E-state index in [1.807, 2.05) is 19.1 Å². The van der Waals surface area contributed by atoms with Crippen LogP contribution in [0.2, 0.25) is 5.02 Å². The molecule has 0 bridgehead atoms. The van der Waals surface area contributed by atoms with E-state index in [9.17, 15) is 4.79 Å². The van der Waals surface area contributed by atoms with Crippen molar-refractivity contribution in [3.8, 4) is 0 Å². The normalized spacial score (nSPS) is 10.6. The Balaban J connectivity index is 2.44. The summed E-state index contributed by atoms with van der Waals surface area (Å²) in [7, 11) is 0. The lowest BCUT2D eigenvalue weighted by Crippen LogP contribution is -2.15. The van der Waals surface area contributed by atoms with Gasteiger partial charge in [-0.2, -0.15) is 9.78 Å². The molecule has 2 rings (SSSR count). The van der Waals surface area contributed by atoms with E-state index >= 15 is 0 Å². The van der Waals surface area contributed by atoms with Gasteiger partial charge in [0.25, 0.3) is 5.91 Å². The summed E-state index contributed by atoms with van der Waals surface area (Å²) in [6.07, 6.45) is 0. The highest BCUT2D eigenvalue weighted by Crippen LogP contribution is 2.19. The lowest BCUT2D eigenvalue weighted by atomic mass is 10.1. The van der Waals surface area contributed by atoms with Crippen molar-refractivity contribution in [2.75, 3.05) is 0 Å². The molecular weight excluding hydrogens is 236 g/mol. The van der Waals surface area contributed by atoms with Crippen LogP contribution in [-0.2, 0) is 0 Å². The zero-order valence-corrected chi connectivity index (χ0v) is 10.7. The Morgan fingerprint density at radius 3 is 2.24 bits per heavy atom. The van der Waals surface area contributed by atoms with Gasteiger partial charge in [0, 0.05) is 5.56 Å². The fourth-order valence-electron chi connectivity index (χ4n) is 1.64. The third-order valence-corrected chi connectivity index (χ3v) is 3.24. The molecule has 0 fully saturated rings. The third kappa shape index (κ3) is 2.11. The summed E-state index contributed by atoms with van der Waals surface area (Å²) >= 11 is 6.02. The summed E-state index contributed by atoms with van der Waals surface area (Å²) in [5.74, 6) is -0.155. The molecule has 1 aromatic heterocycles. The average Bonchev–Trinajstić information content (AvgIpc) is 2.57. The standard InChI is InChI=1S/C13H13ClN2O/c1-8-4-6-11(7-5-8)13(17)16-10(3)12(14)9(2)15-16/h4-7H,1-3H3. The van der Waals surface area contributed by atoms with Crippen molar-refractivity contribution < 1.29 is 4.79 Å². The van der Waals surface area contributed by atoms with E-state index in [1.165, 1.54) is 4.68 Å². The molecule has 0 aliphatic rings. The number of aryl methyl sites for hydroxylation is 2. The van der Waals surface area contributed by atoms with E-state index in [2.05, 4.69) is 5.10 Å². The second-order valence-electron chi connectivity index (χ2n) is 4.07. The van der Waals surface area contributed by atoms with Crippen LogP contribution in [0.3, 0.4) is 0 Å². The number of carbonyl (C=O) groups is 1. The van der Waals surface area contributed by atoms with E-state index in [0.717, 1.165) is 5.56 Å². The van der Waals surface area contributed by atoms with Crippen LogP contribution in [0.5, 0.6) is 0 Å². The largest absolute Gasteiger partial charge is 0.278 e. The maximum absolute atomic E-state index is 12.2. The minimum atomic E-state index is -0.155. The molecule has 1 heterocycles. The minimum Gasteiger partial charge on any atom is -0.267 e. The molecule has 88 valence electrons. The quantitative estimate of drug-likeness (QED) is 0.777. The summed E-state index contributed by atoms with van der Waals surface area (Å²) in [5.41, 5.74) is 3.07. The molecule has 0 unspecified atom stereocenters. The first-order valence-corrected chi connectivity index (χ1v) is 5.71. The number of nitrogens with zero attached hydrogens (tertiary/aromatic N) is 2. The second-order valence-corrected chi connectivity index (χ2v) is 4.45. The highest BCUT2D eigenvalue weighted by atomic mass is 35.5. The molecule has 0 spiro atoms. The molecule has 2 aromatic rings. The van der Waals surface area contributed by atoms with Gasteiger partial charge in [0.1, 0.15) is 0 Å². The number of aromatic nitrogens is 2. The van der Waals surface area contributed by atoms with Gasteiger partial charge in [-0.15, -0.1) is 0 Å². The minimum absolute atomic E-state index is 0.155. The van der Waals surface area contributed by atoms with Crippen molar-refractivity contribution in [1.29, 1.82) is 0 Å². The van der Waals surface area contributed by atoms with Crippen molar-refractivity contribution in [3.05, 3.63) is 51.8 Å². The zero-order valence-electron chi connectivity index (χ0n) is 9.99. The Hall–Kier alpha value is -1.61. The molecule has 0 saturated carbocycles. The predicted molar refractivity (Wildman–Crippen MR) is 67.6 cm³/mol. The first-order valence-electron chi connectivity index (χ1n) is 5.34. The van der Waals surface area contributed by atoms with Crippen molar-refractivity contribution in [1.82, 2.24) is 9.78 Å². The number of benzene rings is 1. The molecule has 4 heteroatoms. The van der Waals surface area contributed by atoms with Crippen LogP contribution < -0.4 is 0 Å². The van der Waals surface area contributed by atoms with Crippen molar-refractivity contribution in [2.24, 2.45) is 0 Å². The monoisotopic (exact) mass is 248 g/mol. The Kier molecular flexibility index (Phi) is 3.03. The van der Waals surface area contributed by atoms with Crippen LogP contribution in [0.25, 0.3) is 0 Å². The van der Waals surface area contributed by atoms with Crippen LogP contribution in [0, 0.1) is 20.8 Å². The summed E-state index contributed by atoms with van der Waals surface area (Å²) in [6.45, 7) is 5.55. The molecule has 0 amide bonds. The van der Waals surface area contributed by atoms with Crippen LogP contribution in [0.4, 0.5) is 0 Å². The fourth-order valence-corrected chi connectivity index (χ4v) is 1.76. The van der Waals surface area contributed by atoms with Gasteiger partial charge in [-0.1, -0.05) is 29.3 Å². The lowest BCUT2D eigenvalue weighted by Gasteiger charge is -2.03. The Morgan fingerprint density at radius 2 is 1.76 bits per heavy atom. The molecule has 17 heavy (non-hydrogen) atoms. The van der Waals surface area contributed by atoms with Gasteiger partial charge in [0.15, 0.2) is 0 Å². The zero-order chi connectivity index (χ0) is 12.6. The van der Waals surface area contributed by atoms with Crippen LogP contribution in [0.15, 0.2) is 24.3 Å². The fraction of sp³-hybridized carbons (Fsp3) is 0.231. The molecule has 3 nitrogen and oxygen atoms in total. The maximum atomic E-state index is 12.2. The Morgan fingerprint density at radius 1 is 1.18 bits per heavy atom. The van der Waals surface area contributed by atoms with Crippen LogP contribution >= 0.6 is 11.6 Å². The molecule has 0 aliphatic carbocycles. The van der Waals surface area contributed by atoms with Crippen molar-refractivity contribution in [2.45, 2.75) is 20.8 Å². The van der Waals surface area contributed by atoms with Crippen LogP contribution in [0.1, 0.15) is 27.3 Å². The van der Waals surface area contributed by atoms with Crippen molar-refractivity contribution >= 4 is 17.5 Å². The third-order valence-electron chi connectivity index (χ3n) is 2.69. The van der Waals surface area contributed by atoms with Gasteiger partial charge in [-0.25, -0.2) is 0 Å². The average molecular weight is 249 g/mol. The smallest absolute Gasteiger partial charge is 0.267 e. The number of rotatable bonds is 1. The second kappa shape index (κ2) is 4.34. The van der Waals surface area contributed by atoms with E-state index in [1.54, 1.807) is 26.0 Å². The molecule has 0 atom stereocenters. The topological polar surface area (TPSA) is 34.9 Å². The Bertz CT molecular complexity index is 570. The molecule has 0 aliphatic heterocycles. The number of halogens is 1. The van der Waals surface area contributed by atoms with Gasteiger partial charge in [0.2, 0.25) is 0 Å². The summed E-state index contributed by atoms with van der Waals surface area (Å²) < 4.78 is 1.35. The number of carbonyl (C=O) groups excluding carboxylic acids is 1. The van der Waals surface area contributed by atoms with E-state index < -0.39 is 0 Å². The molecule has 0 N–H and O–H groups in total. The van der Waals surface area contributed by atoms with E-state index in [0.29, 0.717) is 22.0 Å². The maximum Gasteiger partial charge on any atom is 0.278 e. The molecule has 1 aromatic carbocycles. The highest BCUT2D eigenvalue weighted by Gasteiger charge is 2.16. The summed E-state index contributed by atoms with van der Waals surface area (Å²) in [4.78, 5) is 12.2. The summed E-state index contributed by atoms with van der Waals surface area (Å²) in [6, 6.07) is 7.39. The molecular formula is C13H13ClN2O. The summed E-state index contributed by atoms with van der Waals surface area (Å²) in [5, 5.41) is 4.69. The lowest BCUT2D eigenvalue weighted by molar-refractivity contribution is 0.0942. The van der Waals surface area contributed by atoms with Gasteiger partial charge < -0.3 is 0 Å². The van der Waals surface area contributed by atoms with E-state index in [-0.39, 0.29) is 5.91 Å². The highest BCUT2D eigenvalue weighted by molar-refractivity contribution is 6.32. The van der Waals surface area contributed by atoms with Gasteiger partial charge in [-0.3, -0.25) is 4.79 Å². The van der Waals surface area contributed by atoms with Gasteiger partial charge in [-0.05, 0) is 32.9 Å². The molecule has 0 radical (unpaired) electrons. The van der Waals surface area contributed by atoms with Crippen LogP contribution in [-0.4, -0.2) is 15.7 Å². The Labute approximate surface area is 105 Å². The number of hydrogen-bond donors (Lipinski definition) is 0. The first-order chi connectivity index (χ1) is 8.00. The predicted octanol–water partition coefficient (Wildman–Crippen LogP) is 3.15. The first kappa shape index (κ1) is 11.9. The molecule has 0 saturated heterocycles.